The van der Waals surface area contributed by atoms with Crippen LogP contribution in [0.25, 0.3) is 0 Å². The number of quaternary nitrogens is 1. The number of para-hydroxylation sites is 2. The average molecular weight is 262 g/mol. The van der Waals surface area contributed by atoms with Gasteiger partial charge in [0.2, 0.25) is 0 Å². The number of rotatable bonds is 0. The average Bonchev–Trinajstić information content (AvgIpc) is 2.87. The van der Waals surface area contributed by atoms with Crippen LogP contribution in [0.15, 0.2) is 24.3 Å². The minimum absolute atomic E-state index is 0.249. The molecule has 0 saturated carbocycles. The molecule has 2 saturated heterocycles. The first-order valence-corrected chi connectivity index (χ1v) is 5.21. The molecule has 1 aromatic carbocycles. The fourth-order valence-electron chi connectivity index (χ4n) is 2.28. The molecule has 9 heteroatoms. The topological polar surface area (TPSA) is 93.2 Å². The van der Waals surface area contributed by atoms with Gasteiger partial charge >= 0.3 is 23.8 Å². The third kappa shape index (κ3) is 0.879. The van der Waals surface area contributed by atoms with Crippen molar-refractivity contribution in [3.8, 4) is 0 Å². The molecule has 0 aliphatic carbocycles. The Morgan fingerprint density at radius 1 is 0.789 bits per heavy atom. The summed E-state index contributed by atoms with van der Waals surface area (Å²) in [6.45, 7) is 0. The molecule has 1 aromatic rings. The largest absolute Gasteiger partial charge is 0.473 e. The van der Waals surface area contributed by atoms with Crippen molar-refractivity contribution in [3.63, 3.8) is 0 Å². The highest BCUT2D eigenvalue weighted by molar-refractivity contribution is 6.43. The first-order chi connectivity index (χ1) is 9.06. The predicted molar refractivity (Wildman–Crippen MR) is 53.9 cm³/mol. The minimum atomic E-state index is -1.34. The molecular formula is C10H4N3O6+. The van der Waals surface area contributed by atoms with Crippen LogP contribution in [0.1, 0.15) is 0 Å². The zero-order valence-corrected chi connectivity index (χ0v) is 9.10. The van der Waals surface area contributed by atoms with Gasteiger partial charge in [-0.25, -0.2) is 9.59 Å². The smallest absolute Gasteiger partial charge is 0.255 e. The van der Waals surface area contributed by atoms with E-state index in [0.29, 0.717) is 0 Å². The summed E-state index contributed by atoms with van der Waals surface area (Å²) < 4.78 is 0. The summed E-state index contributed by atoms with van der Waals surface area (Å²) in [5.41, 5.74) is 0.499. The molecule has 3 aliphatic heterocycles. The van der Waals surface area contributed by atoms with E-state index in [1.807, 2.05) is 0 Å². The van der Waals surface area contributed by atoms with E-state index in [9.17, 15) is 19.2 Å². The Kier molecular flexibility index (Phi) is 1.44. The number of nitrogens with zero attached hydrogens (tertiary/aromatic N) is 3. The Bertz CT molecular complexity index is 639. The third-order valence-corrected chi connectivity index (χ3v) is 2.98. The molecule has 1 spiro atoms. The Balaban J connectivity index is 2.04. The summed E-state index contributed by atoms with van der Waals surface area (Å²) >= 11 is 0. The van der Waals surface area contributed by atoms with Gasteiger partial charge < -0.3 is 0 Å². The number of anilines is 2. The van der Waals surface area contributed by atoms with Gasteiger partial charge in [-0.05, 0) is 22.2 Å². The van der Waals surface area contributed by atoms with Crippen molar-refractivity contribution in [2.75, 3.05) is 10.0 Å². The SMILES string of the molecule is O=C1O[N+]23OC(=O)C(=O)N2c2ccccc2N3C1=O. The van der Waals surface area contributed by atoms with E-state index in [0.717, 1.165) is 10.0 Å². The van der Waals surface area contributed by atoms with Crippen LogP contribution in [0.2, 0.25) is 0 Å². The minimum Gasteiger partial charge on any atom is -0.255 e. The molecule has 0 atom stereocenters. The lowest BCUT2D eigenvalue weighted by Crippen LogP contribution is -2.58. The number of carbonyl (C=O) groups is 4. The summed E-state index contributed by atoms with van der Waals surface area (Å²) in [5.74, 6) is -4.45. The standard InChI is InChI=1S/C10H4N3O6/c14-7-9(16)18-13-11(7)5-3-1-2-4-6(5)12(13)8(15)10(17)19-13/h1-4H/q+1. The summed E-state index contributed by atoms with van der Waals surface area (Å²) in [4.78, 5) is 55.9. The second kappa shape index (κ2) is 2.72. The molecule has 0 unspecified atom stereocenters. The van der Waals surface area contributed by atoms with Crippen molar-refractivity contribution >= 4 is 35.1 Å². The normalized spacial score (nSPS) is 22.1. The van der Waals surface area contributed by atoms with E-state index in [1.54, 1.807) is 12.1 Å². The summed E-state index contributed by atoms with van der Waals surface area (Å²) in [5, 5.41) is 0.273. The van der Waals surface area contributed by atoms with E-state index in [2.05, 4.69) is 0 Å². The van der Waals surface area contributed by atoms with Crippen molar-refractivity contribution < 1.29 is 33.9 Å². The summed E-state index contributed by atoms with van der Waals surface area (Å²) in [7, 11) is 0. The van der Waals surface area contributed by atoms with E-state index >= 15 is 0 Å². The zero-order chi connectivity index (χ0) is 13.4. The van der Waals surface area contributed by atoms with Crippen LogP contribution in [0.3, 0.4) is 0 Å². The molecule has 0 bridgehead atoms. The second-order valence-corrected chi connectivity index (χ2v) is 3.97. The van der Waals surface area contributed by atoms with Crippen molar-refractivity contribution in [2.45, 2.75) is 0 Å². The van der Waals surface area contributed by atoms with Gasteiger partial charge in [-0.1, -0.05) is 12.1 Å². The van der Waals surface area contributed by atoms with Gasteiger partial charge in [-0.15, -0.1) is 0 Å². The van der Waals surface area contributed by atoms with Crippen LogP contribution in [0.5, 0.6) is 0 Å². The summed E-state index contributed by atoms with van der Waals surface area (Å²) in [6.07, 6.45) is 0. The highest BCUT2D eigenvalue weighted by Crippen LogP contribution is 2.49. The molecule has 2 amide bonds. The Hall–Kier alpha value is -2.94. The Morgan fingerprint density at radius 3 is 1.63 bits per heavy atom. The molecule has 94 valence electrons. The number of benzene rings is 1. The number of fused-ring (bicyclic) bond motifs is 3. The van der Waals surface area contributed by atoms with Gasteiger partial charge in [0.1, 0.15) is 11.4 Å². The highest BCUT2D eigenvalue weighted by Gasteiger charge is 2.77. The van der Waals surface area contributed by atoms with Crippen molar-refractivity contribution in [3.05, 3.63) is 24.3 Å². The maximum Gasteiger partial charge on any atom is 0.473 e. The van der Waals surface area contributed by atoms with Crippen molar-refractivity contribution in [2.24, 2.45) is 0 Å². The molecule has 3 heterocycles. The van der Waals surface area contributed by atoms with Crippen LogP contribution in [-0.2, 0) is 28.9 Å². The molecule has 0 N–H and O–H groups in total. The van der Waals surface area contributed by atoms with Gasteiger partial charge in [0.05, 0.1) is 0 Å². The number of amides is 2. The van der Waals surface area contributed by atoms with Gasteiger partial charge in [0.25, 0.3) is 5.03 Å². The van der Waals surface area contributed by atoms with E-state index in [4.69, 9.17) is 9.68 Å². The van der Waals surface area contributed by atoms with Crippen LogP contribution in [-0.4, -0.2) is 28.8 Å². The molecule has 3 aliphatic rings. The van der Waals surface area contributed by atoms with Crippen molar-refractivity contribution in [1.82, 2.24) is 0 Å². The van der Waals surface area contributed by atoms with Crippen LogP contribution in [0.4, 0.5) is 11.4 Å². The van der Waals surface area contributed by atoms with Gasteiger partial charge in [-0.2, -0.15) is 9.68 Å². The fourth-order valence-corrected chi connectivity index (χ4v) is 2.28. The number of hydrogen-bond acceptors (Lipinski definition) is 6. The number of hydrogen-bond donors (Lipinski definition) is 0. The molecule has 9 nitrogen and oxygen atoms in total. The maximum absolute atomic E-state index is 11.8. The van der Waals surface area contributed by atoms with Crippen LogP contribution < -0.4 is 10.0 Å². The summed E-state index contributed by atoms with van der Waals surface area (Å²) in [6, 6.07) is 6.24. The second-order valence-electron chi connectivity index (χ2n) is 3.97. The Morgan fingerprint density at radius 2 is 1.21 bits per heavy atom. The molecule has 19 heavy (non-hydrogen) atoms. The lowest BCUT2D eigenvalue weighted by atomic mass is 10.2. The lowest BCUT2D eigenvalue weighted by Gasteiger charge is -2.20. The Labute approximate surface area is 104 Å². The lowest BCUT2D eigenvalue weighted by molar-refractivity contribution is -1.21. The maximum atomic E-state index is 11.8. The first-order valence-electron chi connectivity index (χ1n) is 5.21. The predicted octanol–water partition coefficient (Wildman–Crippen LogP) is -1.04. The highest BCUT2D eigenvalue weighted by atomic mass is 17.1. The van der Waals surface area contributed by atoms with E-state index < -0.39 is 28.8 Å². The number of carbonyl (C=O) groups excluding carboxylic acids is 4. The molecule has 2 fully saturated rings. The van der Waals surface area contributed by atoms with Gasteiger partial charge in [0.15, 0.2) is 0 Å². The van der Waals surface area contributed by atoms with E-state index in [-0.39, 0.29) is 11.4 Å². The first kappa shape index (κ1) is 10.0. The van der Waals surface area contributed by atoms with Crippen LogP contribution >= 0.6 is 0 Å². The third-order valence-electron chi connectivity index (χ3n) is 2.98. The van der Waals surface area contributed by atoms with Crippen LogP contribution in [0, 0.1) is 0 Å². The molecule has 4 rings (SSSR count). The van der Waals surface area contributed by atoms with Crippen molar-refractivity contribution in [1.29, 1.82) is 0 Å². The van der Waals surface area contributed by atoms with E-state index in [1.165, 1.54) is 12.1 Å². The zero-order valence-electron chi connectivity index (χ0n) is 9.10. The molecule has 0 radical (unpaired) electrons. The fraction of sp³-hybridized carbons (Fsp3) is 0. The van der Waals surface area contributed by atoms with Gasteiger partial charge in [0, 0.05) is 0 Å². The van der Waals surface area contributed by atoms with Gasteiger partial charge in [-0.3, -0.25) is 9.59 Å². The molecular weight excluding hydrogens is 258 g/mol. The monoisotopic (exact) mass is 262 g/mol. The quantitative estimate of drug-likeness (QED) is 0.438. The molecule has 0 aromatic heterocycles.